The molecule has 1 heterocycles. The smallest absolute Gasteiger partial charge is 0.163 e. The van der Waals surface area contributed by atoms with Crippen molar-refractivity contribution >= 4 is 27.5 Å². The van der Waals surface area contributed by atoms with E-state index >= 15 is 0 Å². The summed E-state index contributed by atoms with van der Waals surface area (Å²) in [6.45, 7) is 5.24. The minimum atomic E-state index is 0.556. The molecule has 1 aromatic carbocycles. The van der Waals surface area contributed by atoms with Gasteiger partial charge in [0.05, 0.1) is 5.02 Å². The third kappa shape index (κ3) is 2.87. The molecule has 0 aliphatic rings. The lowest BCUT2D eigenvalue weighted by Crippen LogP contribution is -2.05. The zero-order valence-corrected chi connectivity index (χ0v) is 12.0. The van der Waals surface area contributed by atoms with Crippen LogP contribution in [0.2, 0.25) is 5.02 Å². The topological polar surface area (TPSA) is 30.7 Å². The zero-order chi connectivity index (χ0) is 12.4. The first-order valence-electron chi connectivity index (χ1n) is 5.41. The fourth-order valence-electron chi connectivity index (χ4n) is 1.64. The van der Waals surface area contributed by atoms with Crippen LogP contribution in [-0.4, -0.2) is 14.8 Å². The molecule has 3 nitrogen and oxygen atoms in total. The molecule has 0 radical (unpaired) electrons. The van der Waals surface area contributed by atoms with Crippen LogP contribution < -0.4 is 0 Å². The molecule has 0 N–H and O–H groups in total. The van der Waals surface area contributed by atoms with Crippen molar-refractivity contribution in [3.8, 4) is 11.4 Å². The van der Waals surface area contributed by atoms with Gasteiger partial charge >= 0.3 is 0 Å². The number of rotatable bonds is 3. The molecule has 0 spiro atoms. The lowest BCUT2D eigenvalue weighted by Gasteiger charge is -2.09. The SMILES string of the molecule is CC(C)Cn1cnnc1-c1ccc(Cl)c(Br)c1. The molecule has 2 aromatic rings. The molecule has 0 saturated heterocycles. The lowest BCUT2D eigenvalue weighted by atomic mass is 10.2. The Morgan fingerprint density at radius 2 is 2.18 bits per heavy atom. The van der Waals surface area contributed by atoms with Crippen LogP contribution in [0.25, 0.3) is 11.4 Å². The van der Waals surface area contributed by atoms with Gasteiger partial charge in [0.25, 0.3) is 0 Å². The van der Waals surface area contributed by atoms with Crippen LogP contribution >= 0.6 is 27.5 Å². The van der Waals surface area contributed by atoms with Gasteiger partial charge in [-0.05, 0) is 40.0 Å². The predicted octanol–water partition coefficient (Wildman–Crippen LogP) is 4.02. The van der Waals surface area contributed by atoms with Gasteiger partial charge in [-0.3, -0.25) is 0 Å². The van der Waals surface area contributed by atoms with Crippen LogP contribution in [-0.2, 0) is 6.54 Å². The van der Waals surface area contributed by atoms with E-state index in [-0.39, 0.29) is 0 Å². The van der Waals surface area contributed by atoms with Gasteiger partial charge in [-0.15, -0.1) is 10.2 Å². The van der Waals surface area contributed by atoms with Crippen molar-refractivity contribution in [3.05, 3.63) is 34.0 Å². The van der Waals surface area contributed by atoms with Gasteiger partial charge in [0.1, 0.15) is 6.33 Å². The van der Waals surface area contributed by atoms with E-state index in [1.54, 1.807) is 6.33 Å². The van der Waals surface area contributed by atoms with Crippen molar-refractivity contribution < 1.29 is 0 Å². The van der Waals surface area contributed by atoms with Gasteiger partial charge in [0.15, 0.2) is 5.82 Å². The highest BCUT2D eigenvalue weighted by Crippen LogP contribution is 2.28. The maximum Gasteiger partial charge on any atom is 0.163 e. The molecule has 90 valence electrons. The lowest BCUT2D eigenvalue weighted by molar-refractivity contribution is 0.525. The van der Waals surface area contributed by atoms with Crippen LogP contribution in [0.5, 0.6) is 0 Å². The molecule has 0 bridgehead atoms. The second-order valence-electron chi connectivity index (χ2n) is 4.33. The van der Waals surface area contributed by atoms with Crippen molar-refractivity contribution in [1.82, 2.24) is 14.8 Å². The molecular weight excluding hydrogens is 302 g/mol. The molecule has 0 aliphatic carbocycles. The third-order valence-corrected chi connectivity index (χ3v) is 3.57. The first kappa shape index (κ1) is 12.6. The summed E-state index contributed by atoms with van der Waals surface area (Å²) < 4.78 is 2.93. The number of aromatic nitrogens is 3. The van der Waals surface area contributed by atoms with E-state index in [1.807, 2.05) is 18.2 Å². The average molecular weight is 315 g/mol. The van der Waals surface area contributed by atoms with E-state index in [2.05, 4.69) is 44.5 Å². The van der Waals surface area contributed by atoms with Crippen LogP contribution in [0, 0.1) is 5.92 Å². The second-order valence-corrected chi connectivity index (χ2v) is 5.59. The molecule has 0 unspecified atom stereocenters. The first-order chi connectivity index (χ1) is 8.08. The minimum absolute atomic E-state index is 0.556. The molecule has 0 aliphatic heterocycles. The van der Waals surface area contributed by atoms with Gasteiger partial charge < -0.3 is 4.57 Å². The van der Waals surface area contributed by atoms with Crippen molar-refractivity contribution in [3.63, 3.8) is 0 Å². The van der Waals surface area contributed by atoms with E-state index in [1.165, 1.54) is 0 Å². The van der Waals surface area contributed by atoms with E-state index in [0.717, 1.165) is 22.4 Å². The summed E-state index contributed by atoms with van der Waals surface area (Å²) in [5, 5.41) is 8.83. The summed E-state index contributed by atoms with van der Waals surface area (Å²) in [5.74, 6) is 1.43. The van der Waals surface area contributed by atoms with Crippen molar-refractivity contribution in [2.45, 2.75) is 20.4 Å². The Bertz CT molecular complexity index is 522. The Kier molecular flexibility index (Phi) is 3.84. The summed E-state index contributed by atoms with van der Waals surface area (Å²) in [7, 11) is 0. The Morgan fingerprint density at radius 1 is 1.41 bits per heavy atom. The molecular formula is C12H13BrClN3. The largest absolute Gasteiger partial charge is 0.313 e. The first-order valence-corrected chi connectivity index (χ1v) is 6.58. The fourth-order valence-corrected chi connectivity index (χ4v) is 2.14. The van der Waals surface area contributed by atoms with Crippen LogP contribution in [0.4, 0.5) is 0 Å². The Hall–Kier alpha value is -0.870. The quantitative estimate of drug-likeness (QED) is 0.857. The number of hydrogen-bond donors (Lipinski definition) is 0. The highest BCUT2D eigenvalue weighted by Gasteiger charge is 2.09. The predicted molar refractivity (Wildman–Crippen MR) is 73.0 cm³/mol. The summed E-state index contributed by atoms with van der Waals surface area (Å²) in [5.41, 5.74) is 1.01. The summed E-state index contributed by atoms with van der Waals surface area (Å²) in [6.07, 6.45) is 1.76. The zero-order valence-electron chi connectivity index (χ0n) is 9.69. The molecule has 1 aromatic heterocycles. The van der Waals surface area contributed by atoms with Gasteiger partial charge in [-0.25, -0.2) is 0 Å². The number of hydrogen-bond acceptors (Lipinski definition) is 2. The highest BCUT2D eigenvalue weighted by atomic mass is 79.9. The van der Waals surface area contributed by atoms with Gasteiger partial charge in [0.2, 0.25) is 0 Å². The summed E-state index contributed by atoms with van der Waals surface area (Å²) in [4.78, 5) is 0. The second kappa shape index (κ2) is 5.19. The van der Waals surface area contributed by atoms with Crippen LogP contribution in [0.1, 0.15) is 13.8 Å². The standard InChI is InChI=1S/C12H13BrClN3/c1-8(2)6-17-7-15-16-12(17)9-3-4-11(14)10(13)5-9/h3-5,7-8H,6H2,1-2H3. The van der Waals surface area contributed by atoms with Gasteiger partial charge in [-0.1, -0.05) is 25.4 Å². The van der Waals surface area contributed by atoms with Crippen molar-refractivity contribution in [1.29, 1.82) is 0 Å². The average Bonchev–Trinajstić information content (AvgIpc) is 2.69. The molecule has 0 atom stereocenters. The molecule has 17 heavy (non-hydrogen) atoms. The van der Waals surface area contributed by atoms with Gasteiger partial charge in [-0.2, -0.15) is 0 Å². The number of benzene rings is 1. The molecule has 0 saturated carbocycles. The van der Waals surface area contributed by atoms with Crippen LogP contribution in [0.15, 0.2) is 29.0 Å². The van der Waals surface area contributed by atoms with Crippen molar-refractivity contribution in [2.24, 2.45) is 5.92 Å². The fraction of sp³-hybridized carbons (Fsp3) is 0.333. The maximum absolute atomic E-state index is 5.98. The normalized spacial score (nSPS) is 11.1. The molecule has 2 rings (SSSR count). The monoisotopic (exact) mass is 313 g/mol. The van der Waals surface area contributed by atoms with Crippen molar-refractivity contribution in [2.75, 3.05) is 0 Å². The summed E-state index contributed by atoms with van der Waals surface area (Å²) in [6, 6.07) is 5.77. The Balaban J connectivity index is 2.39. The molecule has 0 fully saturated rings. The molecule has 5 heteroatoms. The minimum Gasteiger partial charge on any atom is -0.313 e. The maximum atomic E-state index is 5.98. The number of halogens is 2. The van der Waals surface area contributed by atoms with Gasteiger partial charge in [0, 0.05) is 16.6 Å². The highest BCUT2D eigenvalue weighted by molar-refractivity contribution is 9.10. The Labute approximate surface area is 114 Å². The Morgan fingerprint density at radius 3 is 2.82 bits per heavy atom. The molecule has 0 amide bonds. The summed E-state index contributed by atoms with van der Waals surface area (Å²) >= 11 is 9.39. The van der Waals surface area contributed by atoms with Crippen LogP contribution in [0.3, 0.4) is 0 Å². The van der Waals surface area contributed by atoms with E-state index in [0.29, 0.717) is 10.9 Å². The van der Waals surface area contributed by atoms with E-state index < -0.39 is 0 Å². The van der Waals surface area contributed by atoms with E-state index in [9.17, 15) is 0 Å². The third-order valence-electron chi connectivity index (χ3n) is 2.36. The van der Waals surface area contributed by atoms with E-state index in [4.69, 9.17) is 11.6 Å². The number of nitrogens with zero attached hydrogens (tertiary/aromatic N) is 3.